The van der Waals surface area contributed by atoms with Gasteiger partial charge in [0.25, 0.3) is 5.91 Å². The van der Waals surface area contributed by atoms with Crippen LogP contribution in [0.3, 0.4) is 0 Å². The molecule has 1 atom stereocenters. The first-order valence-corrected chi connectivity index (χ1v) is 9.52. The molecule has 1 aliphatic carbocycles. The minimum absolute atomic E-state index is 0.0606. The fourth-order valence-electron chi connectivity index (χ4n) is 3.15. The van der Waals surface area contributed by atoms with E-state index in [-0.39, 0.29) is 17.4 Å². The molecule has 0 radical (unpaired) electrons. The molecule has 1 aromatic rings. The molecular weight excluding hydrogens is 380 g/mol. The lowest BCUT2D eigenvalue weighted by molar-refractivity contribution is -0.127. The number of hydrogen-bond acceptors (Lipinski definition) is 7. The maximum atomic E-state index is 12.5. The molecule has 0 spiro atoms. The zero-order valence-corrected chi connectivity index (χ0v) is 17.2. The van der Waals surface area contributed by atoms with Gasteiger partial charge in [-0.05, 0) is 19.8 Å². The van der Waals surface area contributed by atoms with E-state index in [0.717, 1.165) is 32.1 Å². The van der Waals surface area contributed by atoms with E-state index in [1.807, 2.05) is 0 Å². The normalized spacial score (nSPS) is 15.0. The molecule has 0 saturated heterocycles. The van der Waals surface area contributed by atoms with Gasteiger partial charge in [0, 0.05) is 18.2 Å². The highest BCUT2D eigenvalue weighted by molar-refractivity contribution is 5.99. The van der Waals surface area contributed by atoms with Gasteiger partial charge in [0.15, 0.2) is 17.6 Å². The Kier molecular flexibility index (Phi) is 8.11. The topological polar surface area (TPSA) is 112 Å². The van der Waals surface area contributed by atoms with Gasteiger partial charge in [-0.15, -0.1) is 0 Å². The number of methoxy groups -OCH3 is 3. The number of hydrogen-bond donors (Lipinski definition) is 2. The van der Waals surface area contributed by atoms with Crippen molar-refractivity contribution in [2.45, 2.75) is 51.2 Å². The van der Waals surface area contributed by atoms with Gasteiger partial charge in [0.2, 0.25) is 0 Å². The summed E-state index contributed by atoms with van der Waals surface area (Å²) in [6.07, 6.45) is 3.87. The lowest BCUT2D eigenvalue weighted by Gasteiger charge is -2.23. The highest BCUT2D eigenvalue weighted by Crippen LogP contribution is 2.35. The standard InChI is InChI=1S/C20H28N2O7/c1-12(18(23)22-20(25)21-13-8-6-5-7-9-13)29-19(24)14-10-16(27-3)17(28-4)11-15(14)26-2/h10-13H,5-9H2,1-4H3,(H2,21,22,23,25)/t12-/m1/s1. The minimum atomic E-state index is -1.18. The zero-order valence-electron chi connectivity index (χ0n) is 17.2. The fourth-order valence-corrected chi connectivity index (χ4v) is 3.15. The van der Waals surface area contributed by atoms with Crippen molar-refractivity contribution in [1.29, 1.82) is 0 Å². The molecule has 9 heteroatoms. The molecule has 2 rings (SSSR count). The predicted octanol–water partition coefficient (Wildman–Crippen LogP) is 2.42. The third-order valence-electron chi connectivity index (χ3n) is 4.76. The van der Waals surface area contributed by atoms with Gasteiger partial charge < -0.3 is 24.3 Å². The van der Waals surface area contributed by atoms with Gasteiger partial charge in [-0.1, -0.05) is 19.3 Å². The molecular formula is C20H28N2O7. The molecule has 0 heterocycles. The third-order valence-corrected chi connectivity index (χ3v) is 4.76. The molecule has 1 fully saturated rings. The zero-order chi connectivity index (χ0) is 21.4. The monoisotopic (exact) mass is 408 g/mol. The summed E-state index contributed by atoms with van der Waals surface area (Å²) in [5, 5.41) is 4.98. The molecule has 29 heavy (non-hydrogen) atoms. The van der Waals surface area contributed by atoms with Crippen LogP contribution in [0.4, 0.5) is 4.79 Å². The summed E-state index contributed by atoms with van der Waals surface area (Å²) in [5.41, 5.74) is 0.0662. The van der Waals surface area contributed by atoms with Crippen LogP contribution in [0.15, 0.2) is 12.1 Å². The quantitative estimate of drug-likeness (QED) is 0.666. The Morgan fingerprint density at radius 3 is 2.10 bits per heavy atom. The van der Waals surface area contributed by atoms with Crippen molar-refractivity contribution in [2.24, 2.45) is 0 Å². The third kappa shape index (κ3) is 6.00. The van der Waals surface area contributed by atoms with E-state index in [1.165, 1.54) is 40.4 Å². The SMILES string of the molecule is COc1cc(OC)c(C(=O)O[C@H](C)C(=O)NC(=O)NC2CCCCC2)cc1OC. The molecule has 0 aromatic heterocycles. The van der Waals surface area contributed by atoms with Gasteiger partial charge in [-0.2, -0.15) is 0 Å². The second-order valence-electron chi connectivity index (χ2n) is 6.75. The molecule has 0 unspecified atom stereocenters. The first-order chi connectivity index (χ1) is 13.9. The fraction of sp³-hybridized carbons (Fsp3) is 0.550. The van der Waals surface area contributed by atoms with Crippen molar-refractivity contribution in [2.75, 3.05) is 21.3 Å². The lowest BCUT2D eigenvalue weighted by atomic mass is 9.96. The smallest absolute Gasteiger partial charge is 0.342 e. The van der Waals surface area contributed by atoms with Crippen LogP contribution in [0, 0.1) is 0 Å². The Morgan fingerprint density at radius 2 is 1.52 bits per heavy atom. The van der Waals surface area contributed by atoms with Crippen LogP contribution >= 0.6 is 0 Å². The second-order valence-corrected chi connectivity index (χ2v) is 6.75. The Bertz CT molecular complexity index is 745. The molecule has 1 aliphatic rings. The number of carbonyl (C=O) groups excluding carboxylic acids is 3. The summed E-state index contributed by atoms with van der Waals surface area (Å²) >= 11 is 0. The van der Waals surface area contributed by atoms with Crippen molar-refractivity contribution in [3.8, 4) is 17.2 Å². The Labute approximate surface area is 170 Å². The Hall–Kier alpha value is -2.97. The Morgan fingerprint density at radius 1 is 0.931 bits per heavy atom. The highest BCUT2D eigenvalue weighted by Gasteiger charge is 2.25. The number of carbonyl (C=O) groups is 3. The number of amides is 3. The van der Waals surface area contributed by atoms with E-state index in [9.17, 15) is 14.4 Å². The van der Waals surface area contributed by atoms with Gasteiger partial charge in [0.1, 0.15) is 11.3 Å². The van der Waals surface area contributed by atoms with Crippen LogP contribution in [0.5, 0.6) is 17.2 Å². The number of esters is 1. The van der Waals surface area contributed by atoms with Crippen molar-refractivity contribution in [3.05, 3.63) is 17.7 Å². The maximum Gasteiger partial charge on any atom is 0.342 e. The average molecular weight is 408 g/mol. The summed E-state index contributed by atoms with van der Waals surface area (Å²) in [7, 11) is 4.28. The van der Waals surface area contributed by atoms with Crippen LogP contribution in [0.1, 0.15) is 49.4 Å². The largest absolute Gasteiger partial charge is 0.496 e. The molecule has 1 aromatic carbocycles. The van der Waals surface area contributed by atoms with Crippen molar-refractivity contribution in [1.82, 2.24) is 10.6 Å². The molecule has 2 N–H and O–H groups in total. The van der Waals surface area contributed by atoms with Crippen LogP contribution < -0.4 is 24.8 Å². The summed E-state index contributed by atoms with van der Waals surface area (Å²) in [6.45, 7) is 1.38. The summed E-state index contributed by atoms with van der Waals surface area (Å²) in [6, 6.07) is 2.36. The second kappa shape index (κ2) is 10.5. The molecule has 1 saturated carbocycles. The number of imide groups is 1. The first kappa shape index (κ1) is 22.3. The average Bonchev–Trinajstić information content (AvgIpc) is 2.72. The summed E-state index contributed by atoms with van der Waals surface area (Å²) < 4.78 is 20.8. The highest BCUT2D eigenvalue weighted by atomic mass is 16.6. The van der Waals surface area contributed by atoms with Gasteiger partial charge in [-0.25, -0.2) is 9.59 Å². The van der Waals surface area contributed by atoms with E-state index in [2.05, 4.69) is 10.6 Å². The first-order valence-electron chi connectivity index (χ1n) is 9.52. The molecule has 0 aliphatic heterocycles. The summed E-state index contributed by atoms with van der Waals surface area (Å²) in [4.78, 5) is 36.7. The predicted molar refractivity (Wildman–Crippen MR) is 105 cm³/mol. The van der Waals surface area contributed by atoms with Crippen LogP contribution in [0.2, 0.25) is 0 Å². The number of benzene rings is 1. The summed E-state index contributed by atoms with van der Waals surface area (Å²) in [5.74, 6) is -0.616. The van der Waals surface area contributed by atoms with E-state index >= 15 is 0 Å². The molecule has 9 nitrogen and oxygen atoms in total. The molecule has 160 valence electrons. The number of nitrogens with one attached hydrogen (secondary N) is 2. The van der Waals surface area contributed by atoms with E-state index in [0.29, 0.717) is 11.5 Å². The van der Waals surface area contributed by atoms with Crippen LogP contribution in [-0.4, -0.2) is 51.4 Å². The van der Waals surface area contributed by atoms with Crippen molar-refractivity contribution < 1.29 is 33.3 Å². The van der Waals surface area contributed by atoms with E-state index < -0.39 is 24.0 Å². The van der Waals surface area contributed by atoms with Crippen LogP contribution in [-0.2, 0) is 9.53 Å². The van der Waals surface area contributed by atoms with Crippen LogP contribution in [0.25, 0.3) is 0 Å². The van der Waals surface area contributed by atoms with E-state index in [1.54, 1.807) is 0 Å². The molecule has 3 amide bonds. The molecule has 0 bridgehead atoms. The van der Waals surface area contributed by atoms with Crippen molar-refractivity contribution >= 4 is 17.9 Å². The van der Waals surface area contributed by atoms with Gasteiger partial charge >= 0.3 is 12.0 Å². The number of rotatable bonds is 7. The van der Waals surface area contributed by atoms with Gasteiger partial charge in [0.05, 0.1) is 21.3 Å². The minimum Gasteiger partial charge on any atom is -0.496 e. The van der Waals surface area contributed by atoms with E-state index in [4.69, 9.17) is 18.9 Å². The lowest BCUT2D eigenvalue weighted by Crippen LogP contribution is -2.48. The van der Waals surface area contributed by atoms with Gasteiger partial charge in [-0.3, -0.25) is 10.1 Å². The maximum absolute atomic E-state index is 12.5. The Balaban J connectivity index is 1.98. The number of urea groups is 1. The van der Waals surface area contributed by atoms with Crippen molar-refractivity contribution in [3.63, 3.8) is 0 Å². The number of ether oxygens (including phenoxy) is 4.